The van der Waals surface area contributed by atoms with E-state index in [1.54, 1.807) is 17.3 Å². The molecule has 3 rings (SSSR count). The number of piperazine rings is 1. The van der Waals surface area contributed by atoms with Gasteiger partial charge < -0.3 is 10.2 Å². The zero-order valence-electron chi connectivity index (χ0n) is 13.4. The Morgan fingerprint density at radius 2 is 2.17 bits per heavy atom. The van der Waals surface area contributed by atoms with E-state index < -0.39 is 18.0 Å². The molecule has 1 aliphatic carbocycles. The molecule has 1 aliphatic heterocycles. The third-order valence-electron chi connectivity index (χ3n) is 5.08. The van der Waals surface area contributed by atoms with Crippen molar-refractivity contribution in [3.8, 4) is 0 Å². The lowest BCUT2D eigenvalue weighted by Crippen LogP contribution is -2.51. The van der Waals surface area contributed by atoms with Crippen LogP contribution in [0.5, 0.6) is 0 Å². The van der Waals surface area contributed by atoms with Gasteiger partial charge in [0.25, 0.3) is 0 Å². The third kappa shape index (κ3) is 3.71. The van der Waals surface area contributed by atoms with Gasteiger partial charge in [0, 0.05) is 37.9 Å². The van der Waals surface area contributed by atoms with Gasteiger partial charge in [0.1, 0.15) is 0 Å². The van der Waals surface area contributed by atoms with E-state index in [9.17, 15) is 18.0 Å². The summed E-state index contributed by atoms with van der Waals surface area (Å²) in [6.07, 6.45) is 0.260. The summed E-state index contributed by atoms with van der Waals surface area (Å²) in [6.45, 7) is 1.79. The molecule has 3 unspecified atom stereocenters. The summed E-state index contributed by atoms with van der Waals surface area (Å²) < 4.78 is 39.1. The number of nitrogens with one attached hydrogen (secondary N) is 1. The second kappa shape index (κ2) is 7.09. The van der Waals surface area contributed by atoms with Crippen LogP contribution in [0.25, 0.3) is 0 Å². The first-order valence-electron chi connectivity index (χ1n) is 8.44. The highest BCUT2D eigenvalue weighted by Crippen LogP contribution is 2.41. The summed E-state index contributed by atoms with van der Waals surface area (Å²) in [5, 5.41) is 3.25. The maximum Gasteiger partial charge on any atom is 0.391 e. The van der Waals surface area contributed by atoms with Gasteiger partial charge in [-0.15, -0.1) is 0 Å². The van der Waals surface area contributed by atoms with E-state index in [1.807, 2.05) is 12.1 Å². The van der Waals surface area contributed by atoms with Crippen LogP contribution in [0.15, 0.2) is 24.5 Å². The van der Waals surface area contributed by atoms with E-state index in [4.69, 9.17) is 0 Å². The molecule has 0 bridgehead atoms. The zero-order chi connectivity index (χ0) is 17.2. The van der Waals surface area contributed by atoms with Crippen LogP contribution in [0, 0.1) is 11.8 Å². The molecular weight excluding hydrogens is 319 g/mol. The van der Waals surface area contributed by atoms with Gasteiger partial charge >= 0.3 is 6.18 Å². The second-order valence-corrected chi connectivity index (χ2v) is 6.64. The van der Waals surface area contributed by atoms with Crippen molar-refractivity contribution in [3.63, 3.8) is 0 Å². The molecule has 0 radical (unpaired) electrons. The van der Waals surface area contributed by atoms with Crippen LogP contribution < -0.4 is 5.32 Å². The van der Waals surface area contributed by atoms with Crippen molar-refractivity contribution in [2.24, 2.45) is 11.8 Å². The number of rotatable bonds is 2. The maximum atomic E-state index is 13.0. The van der Waals surface area contributed by atoms with Crippen molar-refractivity contribution in [1.29, 1.82) is 0 Å². The Morgan fingerprint density at radius 1 is 1.33 bits per heavy atom. The molecular formula is C17H22F3N3O. The van der Waals surface area contributed by atoms with Crippen molar-refractivity contribution in [3.05, 3.63) is 30.1 Å². The minimum absolute atomic E-state index is 0.0774. The highest BCUT2D eigenvalue weighted by Gasteiger charge is 2.45. The van der Waals surface area contributed by atoms with Gasteiger partial charge in [0.05, 0.1) is 12.0 Å². The van der Waals surface area contributed by atoms with Crippen molar-refractivity contribution in [2.45, 2.75) is 37.9 Å². The fraction of sp³-hybridized carbons (Fsp3) is 0.647. The van der Waals surface area contributed by atoms with Crippen LogP contribution in [-0.4, -0.2) is 41.6 Å². The summed E-state index contributed by atoms with van der Waals surface area (Å²) in [5.74, 6) is -2.01. The van der Waals surface area contributed by atoms with E-state index in [2.05, 4.69) is 10.3 Å². The number of aromatic nitrogens is 1. The van der Waals surface area contributed by atoms with Crippen molar-refractivity contribution < 1.29 is 18.0 Å². The number of carbonyl (C=O) groups is 1. The van der Waals surface area contributed by atoms with E-state index >= 15 is 0 Å². The van der Waals surface area contributed by atoms with Gasteiger partial charge in [-0.2, -0.15) is 13.2 Å². The van der Waals surface area contributed by atoms with E-state index in [0.717, 1.165) is 5.56 Å². The van der Waals surface area contributed by atoms with Crippen LogP contribution in [0.2, 0.25) is 0 Å². The number of hydrogen-bond donors (Lipinski definition) is 1. The van der Waals surface area contributed by atoms with Crippen molar-refractivity contribution >= 4 is 5.91 Å². The summed E-state index contributed by atoms with van der Waals surface area (Å²) >= 11 is 0. The molecule has 1 aromatic rings. The summed E-state index contributed by atoms with van der Waals surface area (Å²) in [5.41, 5.74) is 0.918. The highest BCUT2D eigenvalue weighted by molar-refractivity contribution is 5.79. The molecule has 2 fully saturated rings. The fourth-order valence-corrected chi connectivity index (χ4v) is 3.78. The zero-order valence-corrected chi connectivity index (χ0v) is 13.4. The lowest BCUT2D eigenvalue weighted by Gasteiger charge is -2.40. The molecule has 2 aliphatic rings. The quantitative estimate of drug-likeness (QED) is 0.900. The Morgan fingerprint density at radius 3 is 2.88 bits per heavy atom. The Labute approximate surface area is 139 Å². The number of hydrogen-bond acceptors (Lipinski definition) is 3. The maximum absolute atomic E-state index is 13.0. The number of alkyl halides is 3. The molecule has 132 valence electrons. The standard InChI is InChI=1S/C17H22F3N3O/c18-17(19,20)14-5-1-3-12(9-14)16(24)23-8-7-22-11-15(23)13-4-2-6-21-10-13/h2,4,6,10,12,14-15,22H,1,3,5,7-9,11H2. The lowest BCUT2D eigenvalue weighted by atomic mass is 9.80. The lowest BCUT2D eigenvalue weighted by molar-refractivity contribution is -0.187. The summed E-state index contributed by atoms with van der Waals surface area (Å²) in [4.78, 5) is 18.8. The molecule has 2 heterocycles. The molecule has 7 heteroatoms. The van der Waals surface area contributed by atoms with Crippen LogP contribution >= 0.6 is 0 Å². The highest BCUT2D eigenvalue weighted by atomic mass is 19.4. The first kappa shape index (κ1) is 17.2. The monoisotopic (exact) mass is 341 g/mol. The van der Waals surface area contributed by atoms with Crippen molar-refractivity contribution in [1.82, 2.24) is 15.2 Å². The molecule has 3 atom stereocenters. The fourth-order valence-electron chi connectivity index (χ4n) is 3.78. The number of nitrogens with zero attached hydrogens (tertiary/aromatic N) is 2. The minimum Gasteiger partial charge on any atom is -0.333 e. The molecule has 0 spiro atoms. The molecule has 0 aromatic carbocycles. The van der Waals surface area contributed by atoms with Crippen LogP contribution in [0.1, 0.15) is 37.3 Å². The Balaban J connectivity index is 1.74. The van der Waals surface area contributed by atoms with Gasteiger partial charge in [-0.1, -0.05) is 12.5 Å². The number of halogens is 3. The third-order valence-corrected chi connectivity index (χ3v) is 5.08. The Kier molecular flexibility index (Phi) is 5.08. The van der Waals surface area contributed by atoms with Crippen LogP contribution in [0.4, 0.5) is 13.2 Å². The average Bonchev–Trinajstić information content (AvgIpc) is 2.61. The first-order valence-corrected chi connectivity index (χ1v) is 8.44. The summed E-state index contributed by atoms with van der Waals surface area (Å²) in [7, 11) is 0. The first-order chi connectivity index (χ1) is 11.5. The van der Waals surface area contributed by atoms with Gasteiger partial charge in [-0.05, 0) is 30.9 Å². The SMILES string of the molecule is O=C(C1CCCC(C(F)(F)F)C1)N1CCNCC1c1cccnc1. The normalized spacial score (nSPS) is 28.6. The van der Waals surface area contributed by atoms with Gasteiger partial charge in [0.15, 0.2) is 0 Å². The van der Waals surface area contributed by atoms with Gasteiger partial charge in [-0.3, -0.25) is 9.78 Å². The number of amides is 1. The predicted octanol–water partition coefficient (Wildman–Crippen LogP) is 2.92. The van der Waals surface area contributed by atoms with Crippen LogP contribution in [-0.2, 0) is 4.79 Å². The predicted molar refractivity (Wildman–Crippen MR) is 83.1 cm³/mol. The largest absolute Gasteiger partial charge is 0.391 e. The van der Waals surface area contributed by atoms with E-state index in [-0.39, 0.29) is 24.8 Å². The molecule has 1 N–H and O–H groups in total. The molecule has 24 heavy (non-hydrogen) atoms. The molecule has 1 saturated heterocycles. The second-order valence-electron chi connectivity index (χ2n) is 6.64. The molecule has 1 saturated carbocycles. The van der Waals surface area contributed by atoms with Gasteiger partial charge in [0.2, 0.25) is 5.91 Å². The van der Waals surface area contributed by atoms with E-state index in [1.165, 1.54) is 0 Å². The molecule has 1 amide bonds. The molecule has 1 aromatic heterocycles. The Hall–Kier alpha value is -1.63. The smallest absolute Gasteiger partial charge is 0.333 e. The van der Waals surface area contributed by atoms with Crippen LogP contribution in [0.3, 0.4) is 0 Å². The average molecular weight is 341 g/mol. The topological polar surface area (TPSA) is 45.2 Å². The number of carbonyl (C=O) groups excluding carboxylic acids is 1. The number of pyridine rings is 1. The minimum atomic E-state index is -4.20. The van der Waals surface area contributed by atoms with Gasteiger partial charge in [-0.25, -0.2) is 0 Å². The van der Waals surface area contributed by atoms with E-state index in [0.29, 0.717) is 32.5 Å². The molecule has 4 nitrogen and oxygen atoms in total. The Bertz CT molecular complexity index is 564. The summed E-state index contributed by atoms with van der Waals surface area (Å²) in [6, 6.07) is 3.56. The van der Waals surface area contributed by atoms with Crippen molar-refractivity contribution in [2.75, 3.05) is 19.6 Å².